The van der Waals surface area contributed by atoms with Crippen LogP contribution in [-0.2, 0) is 0 Å². The van der Waals surface area contributed by atoms with Crippen LogP contribution in [-0.4, -0.2) is 56.3 Å². The zero-order valence-electron chi connectivity index (χ0n) is 8.49. The van der Waals surface area contributed by atoms with E-state index in [4.69, 9.17) is 0 Å². The quantitative estimate of drug-likeness (QED) is 0.454. The zero-order chi connectivity index (χ0) is 11.0. The summed E-state index contributed by atoms with van der Waals surface area (Å²) in [4.78, 5) is 1.99. The van der Waals surface area contributed by atoms with E-state index in [1.54, 1.807) is 0 Å². The Balaban J connectivity index is 3.57. The molecule has 0 amide bonds. The molecule has 0 aromatic heterocycles. The van der Waals surface area contributed by atoms with E-state index in [0.29, 0.717) is 13.1 Å². The molecule has 2 N–H and O–H groups in total. The van der Waals surface area contributed by atoms with Crippen molar-refractivity contribution in [2.75, 3.05) is 29.0 Å². The first-order valence-electron chi connectivity index (χ1n) is 4.76. The molecule has 2 unspecified atom stereocenters. The van der Waals surface area contributed by atoms with Gasteiger partial charge in [0.25, 0.3) is 0 Å². The Kier molecular flexibility index (Phi) is 10.5. The minimum Gasteiger partial charge on any atom is -0.392 e. The van der Waals surface area contributed by atoms with Crippen LogP contribution < -0.4 is 0 Å². The van der Waals surface area contributed by atoms with Crippen LogP contribution in [0.15, 0.2) is 0 Å². The van der Waals surface area contributed by atoms with Crippen molar-refractivity contribution in [1.82, 2.24) is 4.90 Å². The predicted octanol–water partition coefficient (Wildman–Crippen LogP) is 1.29. The number of rotatable bonds is 8. The van der Waals surface area contributed by atoms with E-state index < -0.39 is 0 Å². The molecule has 0 saturated carbocycles. The van der Waals surface area contributed by atoms with E-state index >= 15 is 0 Å². The Hall–Kier alpha value is 1.34. The van der Waals surface area contributed by atoms with Gasteiger partial charge in [-0.1, -0.05) is 45.2 Å². The second kappa shape index (κ2) is 9.56. The van der Waals surface area contributed by atoms with Crippen molar-refractivity contribution in [3.63, 3.8) is 0 Å². The predicted molar refractivity (Wildman–Crippen MR) is 76.5 cm³/mol. The molecule has 0 aliphatic carbocycles. The topological polar surface area (TPSA) is 43.7 Å². The van der Waals surface area contributed by atoms with Gasteiger partial charge in [0.15, 0.2) is 0 Å². The van der Waals surface area contributed by atoms with E-state index in [2.05, 4.69) is 45.2 Å². The van der Waals surface area contributed by atoms with Crippen molar-refractivity contribution in [3.05, 3.63) is 0 Å². The molecule has 0 heterocycles. The number of alkyl halides is 2. The smallest absolute Gasteiger partial charge is 0.0674 e. The van der Waals surface area contributed by atoms with Crippen molar-refractivity contribution in [2.24, 2.45) is 0 Å². The molecule has 0 radical (unpaired) electrons. The van der Waals surface area contributed by atoms with Gasteiger partial charge >= 0.3 is 0 Å². The van der Waals surface area contributed by atoms with E-state index in [-0.39, 0.29) is 12.2 Å². The summed E-state index contributed by atoms with van der Waals surface area (Å²) in [6.45, 7) is 1.31. The molecule has 0 bridgehead atoms. The molecule has 0 aromatic carbocycles. The number of hydrogen-bond acceptors (Lipinski definition) is 3. The Morgan fingerprint density at radius 1 is 1.00 bits per heavy atom. The minimum absolute atomic E-state index is 0.260. The monoisotopic (exact) mass is 427 g/mol. The number of aliphatic hydroxyl groups excluding tert-OH is 2. The summed E-state index contributed by atoms with van der Waals surface area (Å²) in [5.74, 6) is 0. The molecule has 0 spiro atoms. The maximum atomic E-state index is 9.53. The van der Waals surface area contributed by atoms with Crippen molar-refractivity contribution >= 4 is 45.2 Å². The molecule has 86 valence electrons. The van der Waals surface area contributed by atoms with Gasteiger partial charge in [0.2, 0.25) is 0 Å². The molecule has 0 saturated heterocycles. The fourth-order valence-corrected chi connectivity index (χ4v) is 2.67. The summed E-state index contributed by atoms with van der Waals surface area (Å²) in [7, 11) is 1.94. The molecular formula is C9H19I2NO2. The van der Waals surface area contributed by atoms with Gasteiger partial charge in [-0.15, -0.1) is 0 Å². The van der Waals surface area contributed by atoms with E-state index in [1.807, 2.05) is 11.9 Å². The lowest BCUT2D eigenvalue weighted by Crippen LogP contribution is -2.35. The highest BCUT2D eigenvalue weighted by Gasteiger charge is 2.11. The third-order valence-electron chi connectivity index (χ3n) is 1.93. The van der Waals surface area contributed by atoms with Crippen LogP contribution >= 0.6 is 45.2 Å². The lowest BCUT2D eigenvalue weighted by atomic mass is 10.2. The molecule has 0 aliphatic heterocycles. The van der Waals surface area contributed by atoms with Gasteiger partial charge in [0, 0.05) is 21.9 Å². The first kappa shape index (κ1) is 15.3. The van der Waals surface area contributed by atoms with Gasteiger partial charge in [0.1, 0.15) is 0 Å². The molecule has 5 heteroatoms. The first-order chi connectivity index (χ1) is 6.60. The SMILES string of the molecule is CN(CC(O)CCI)CC(O)CCI. The molecule has 2 atom stereocenters. The summed E-state index contributed by atoms with van der Waals surface area (Å²) in [6.07, 6.45) is 1.13. The maximum Gasteiger partial charge on any atom is 0.0674 e. The number of aliphatic hydroxyl groups is 2. The van der Waals surface area contributed by atoms with Gasteiger partial charge in [-0.25, -0.2) is 0 Å². The molecular weight excluding hydrogens is 408 g/mol. The average molecular weight is 427 g/mol. The van der Waals surface area contributed by atoms with Crippen molar-refractivity contribution in [2.45, 2.75) is 25.0 Å². The number of halogens is 2. The lowest BCUT2D eigenvalue weighted by Gasteiger charge is -2.22. The molecule has 0 fully saturated rings. The minimum atomic E-state index is -0.260. The third kappa shape index (κ3) is 8.63. The first-order valence-corrected chi connectivity index (χ1v) is 7.81. The fraction of sp³-hybridized carbons (Fsp3) is 1.00. The van der Waals surface area contributed by atoms with E-state index in [0.717, 1.165) is 21.7 Å². The maximum absolute atomic E-state index is 9.53. The van der Waals surface area contributed by atoms with Gasteiger partial charge in [-0.3, -0.25) is 0 Å². The summed E-state index contributed by atoms with van der Waals surface area (Å²) in [6, 6.07) is 0. The Bertz CT molecular complexity index is 124. The second-order valence-electron chi connectivity index (χ2n) is 3.48. The highest BCUT2D eigenvalue weighted by Crippen LogP contribution is 2.02. The van der Waals surface area contributed by atoms with Crippen molar-refractivity contribution < 1.29 is 10.2 Å². The molecule has 0 aromatic rings. The second-order valence-corrected chi connectivity index (χ2v) is 5.64. The Morgan fingerprint density at radius 2 is 1.36 bits per heavy atom. The van der Waals surface area contributed by atoms with Crippen LogP contribution in [0.5, 0.6) is 0 Å². The summed E-state index contributed by atoms with van der Waals surface area (Å²) in [5, 5.41) is 19.1. The van der Waals surface area contributed by atoms with Gasteiger partial charge in [-0.05, 0) is 19.9 Å². The highest BCUT2D eigenvalue weighted by atomic mass is 127. The van der Waals surface area contributed by atoms with Crippen LogP contribution in [0.25, 0.3) is 0 Å². The van der Waals surface area contributed by atoms with Crippen molar-refractivity contribution in [3.8, 4) is 0 Å². The van der Waals surface area contributed by atoms with Crippen LogP contribution in [0.1, 0.15) is 12.8 Å². The zero-order valence-corrected chi connectivity index (χ0v) is 12.8. The van der Waals surface area contributed by atoms with E-state index in [1.165, 1.54) is 0 Å². The van der Waals surface area contributed by atoms with Crippen molar-refractivity contribution in [1.29, 1.82) is 0 Å². The van der Waals surface area contributed by atoms with Crippen LogP contribution in [0.3, 0.4) is 0 Å². The summed E-state index contributed by atoms with van der Waals surface area (Å²) < 4.78 is 1.95. The molecule has 3 nitrogen and oxygen atoms in total. The fourth-order valence-electron chi connectivity index (χ4n) is 1.23. The van der Waals surface area contributed by atoms with Gasteiger partial charge in [-0.2, -0.15) is 0 Å². The molecule has 0 rings (SSSR count). The summed E-state index contributed by atoms with van der Waals surface area (Å²) >= 11 is 4.52. The summed E-state index contributed by atoms with van der Waals surface area (Å²) in [5.41, 5.74) is 0. The number of nitrogens with zero attached hydrogens (tertiary/aromatic N) is 1. The standard InChI is InChI=1S/C9H19I2NO2/c1-12(6-8(13)2-4-10)7-9(14)3-5-11/h8-9,13-14H,2-7H2,1H3. The van der Waals surface area contributed by atoms with Gasteiger partial charge < -0.3 is 15.1 Å². The highest BCUT2D eigenvalue weighted by molar-refractivity contribution is 14.1. The normalized spacial score (nSPS) is 15.9. The molecule has 14 heavy (non-hydrogen) atoms. The van der Waals surface area contributed by atoms with Crippen LogP contribution in [0, 0.1) is 0 Å². The third-order valence-corrected chi connectivity index (χ3v) is 3.18. The average Bonchev–Trinajstić information content (AvgIpc) is 2.03. The van der Waals surface area contributed by atoms with Gasteiger partial charge in [0.05, 0.1) is 12.2 Å². The Labute approximate surface area is 114 Å². The molecule has 0 aliphatic rings. The Morgan fingerprint density at radius 3 is 1.64 bits per heavy atom. The lowest BCUT2D eigenvalue weighted by molar-refractivity contribution is 0.0818. The van der Waals surface area contributed by atoms with Crippen LogP contribution in [0.4, 0.5) is 0 Å². The van der Waals surface area contributed by atoms with E-state index in [9.17, 15) is 10.2 Å². The van der Waals surface area contributed by atoms with Crippen LogP contribution in [0.2, 0.25) is 0 Å². The number of hydrogen-bond donors (Lipinski definition) is 2. The largest absolute Gasteiger partial charge is 0.392 e. The number of likely N-dealkylation sites (N-methyl/N-ethyl adjacent to an activating group) is 1.